The molecule has 0 aromatic carbocycles. The average molecular weight is 267 g/mol. The largest absolute Gasteiger partial charge is 0.375 e. The Morgan fingerprint density at radius 3 is 2.84 bits per heavy atom. The molecule has 3 fully saturated rings. The summed E-state index contributed by atoms with van der Waals surface area (Å²) in [4.78, 5) is 14.8. The molecular weight excluding hydrogens is 242 g/mol. The van der Waals surface area contributed by atoms with Crippen molar-refractivity contribution in [2.24, 2.45) is 0 Å². The summed E-state index contributed by atoms with van der Waals surface area (Å²) in [5.41, 5.74) is 0. The van der Waals surface area contributed by atoms with Crippen molar-refractivity contribution in [2.75, 3.05) is 19.7 Å². The summed E-state index contributed by atoms with van der Waals surface area (Å²) < 4.78 is 5.53. The third-order valence-electron chi connectivity index (χ3n) is 4.58. The van der Waals surface area contributed by atoms with Crippen LogP contribution in [0.1, 0.15) is 33.1 Å². The maximum atomic E-state index is 12.3. The highest BCUT2D eigenvalue weighted by molar-refractivity contribution is 5.82. The van der Waals surface area contributed by atoms with Crippen LogP contribution in [0.3, 0.4) is 0 Å². The van der Waals surface area contributed by atoms with Crippen LogP contribution in [-0.2, 0) is 9.53 Å². The molecule has 3 rings (SSSR count). The van der Waals surface area contributed by atoms with Gasteiger partial charge in [-0.25, -0.2) is 0 Å². The van der Waals surface area contributed by atoms with Gasteiger partial charge in [-0.1, -0.05) is 0 Å². The zero-order valence-corrected chi connectivity index (χ0v) is 11.9. The predicted octanol–water partition coefficient (Wildman–Crippen LogP) is 0.105. The zero-order valence-electron chi connectivity index (χ0n) is 11.9. The van der Waals surface area contributed by atoms with E-state index in [9.17, 15) is 4.79 Å². The Morgan fingerprint density at radius 2 is 2.16 bits per heavy atom. The van der Waals surface area contributed by atoms with Crippen molar-refractivity contribution in [3.63, 3.8) is 0 Å². The molecule has 2 saturated heterocycles. The molecule has 0 bridgehead atoms. The van der Waals surface area contributed by atoms with Gasteiger partial charge in [0.15, 0.2) is 0 Å². The SMILES string of the molecule is CC1CC(NC(=O)[C@H]2NCCO[C@@H]2C)CN1C1CC1. The Kier molecular flexibility index (Phi) is 3.78. The first kappa shape index (κ1) is 13.3. The summed E-state index contributed by atoms with van der Waals surface area (Å²) in [6, 6.07) is 1.50. The molecule has 108 valence electrons. The van der Waals surface area contributed by atoms with E-state index in [-0.39, 0.29) is 18.1 Å². The molecular formula is C14H25N3O2. The molecule has 2 unspecified atom stereocenters. The first-order valence-corrected chi connectivity index (χ1v) is 7.56. The van der Waals surface area contributed by atoms with Gasteiger partial charge in [0.1, 0.15) is 6.04 Å². The number of carbonyl (C=O) groups is 1. The van der Waals surface area contributed by atoms with Gasteiger partial charge in [0.2, 0.25) is 5.91 Å². The molecule has 0 spiro atoms. The van der Waals surface area contributed by atoms with E-state index in [0.717, 1.165) is 25.6 Å². The van der Waals surface area contributed by atoms with Gasteiger partial charge >= 0.3 is 0 Å². The molecule has 0 aromatic heterocycles. The van der Waals surface area contributed by atoms with Crippen molar-refractivity contribution >= 4 is 5.91 Å². The lowest BCUT2D eigenvalue weighted by atomic mass is 10.1. The van der Waals surface area contributed by atoms with Crippen LogP contribution in [0.2, 0.25) is 0 Å². The summed E-state index contributed by atoms with van der Waals surface area (Å²) in [5, 5.41) is 6.45. The Hall–Kier alpha value is -0.650. The first-order chi connectivity index (χ1) is 9.15. The molecule has 1 amide bonds. The standard InChI is InChI=1S/C14H25N3O2/c1-9-7-11(8-17(9)12-3-4-12)16-14(18)13-10(2)19-6-5-15-13/h9-13,15H,3-8H2,1-2H3,(H,16,18)/t9?,10-,11?,13+/m1/s1. The summed E-state index contributed by atoms with van der Waals surface area (Å²) >= 11 is 0. The molecule has 1 saturated carbocycles. The molecule has 2 aliphatic heterocycles. The average Bonchev–Trinajstić information content (AvgIpc) is 3.15. The van der Waals surface area contributed by atoms with Gasteiger partial charge in [0, 0.05) is 31.2 Å². The van der Waals surface area contributed by atoms with Crippen molar-refractivity contribution in [3.8, 4) is 0 Å². The van der Waals surface area contributed by atoms with Crippen LogP contribution >= 0.6 is 0 Å². The molecule has 19 heavy (non-hydrogen) atoms. The number of likely N-dealkylation sites (tertiary alicyclic amines) is 1. The number of amides is 1. The van der Waals surface area contributed by atoms with Gasteiger partial charge in [0.25, 0.3) is 0 Å². The van der Waals surface area contributed by atoms with Crippen LogP contribution in [0.5, 0.6) is 0 Å². The van der Waals surface area contributed by atoms with Gasteiger partial charge in [-0.2, -0.15) is 0 Å². The molecule has 4 atom stereocenters. The Morgan fingerprint density at radius 1 is 1.37 bits per heavy atom. The van der Waals surface area contributed by atoms with Crippen molar-refractivity contribution in [2.45, 2.75) is 63.4 Å². The van der Waals surface area contributed by atoms with E-state index in [2.05, 4.69) is 22.5 Å². The van der Waals surface area contributed by atoms with Gasteiger partial charge in [-0.3, -0.25) is 9.69 Å². The monoisotopic (exact) mass is 267 g/mol. The topological polar surface area (TPSA) is 53.6 Å². The predicted molar refractivity (Wildman–Crippen MR) is 72.9 cm³/mol. The minimum absolute atomic E-state index is 0.0351. The first-order valence-electron chi connectivity index (χ1n) is 7.56. The maximum absolute atomic E-state index is 12.3. The van der Waals surface area contributed by atoms with Crippen LogP contribution in [0.4, 0.5) is 0 Å². The minimum atomic E-state index is -0.195. The molecule has 3 aliphatic rings. The van der Waals surface area contributed by atoms with Gasteiger partial charge < -0.3 is 15.4 Å². The third kappa shape index (κ3) is 2.93. The second-order valence-electron chi connectivity index (χ2n) is 6.23. The highest BCUT2D eigenvalue weighted by atomic mass is 16.5. The lowest BCUT2D eigenvalue weighted by Crippen LogP contribution is -2.57. The Balaban J connectivity index is 1.52. The van der Waals surface area contributed by atoms with Crippen LogP contribution in [-0.4, -0.2) is 60.8 Å². The number of hydrogen-bond donors (Lipinski definition) is 2. The van der Waals surface area contributed by atoms with Crippen molar-refractivity contribution in [1.82, 2.24) is 15.5 Å². The van der Waals surface area contributed by atoms with Crippen molar-refractivity contribution in [1.29, 1.82) is 0 Å². The van der Waals surface area contributed by atoms with E-state index in [1.54, 1.807) is 0 Å². The third-order valence-corrected chi connectivity index (χ3v) is 4.58. The van der Waals surface area contributed by atoms with Crippen molar-refractivity contribution < 1.29 is 9.53 Å². The van der Waals surface area contributed by atoms with E-state index in [1.807, 2.05) is 6.92 Å². The number of nitrogens with one attached hydrogen (secondary N) is 2. The normalized spacial score (nSPS) is 40.3. The number of carbonyl (C=O) groups excluding carboxylic acids is 1. The second kappa shape index (κ2) is 5.38. The van der Waals surface area contributed by atoms with Gasteiger partial charge in [-0.15, -0.1) is 0 Å². The number of nitrogens with zero attached hydrogens (tertiary/aromatic N) is 1. The number of hydrogen-bond acceptors (Lipinski definition) is 4. The Labute approximate surface area is 115 Å². The maximum Gasteiger partial charge on any atom is 0.240 e. The van der Waals surface area contributed by atoms with E-state index in [0.29, 0.717) is 18.7 Å². The van der Waals surface area contributed by atoms with Crippen LogP contribution in [0.15, 0.2) is 0 Å². The van der Waals surface area contributed by atoms with Crippen LogP contribution < -0.4 is 10.6 Å². The highest BCUT2D eigenvalue weighted by Gasteiger charge is 2.40. The molecule has 2 N–H and O–H groups in total. The number of rotatable bonds is 3. The molecule has 0 aromatic rings. The number of ether oxygens (including phenoxy) is 1. The lowest BCUT2D eigenvalue weighted by molar-refractivity contribution is -0.129. The molecule has 5 nitrogen and oxygen atoms in total. The summed E-state index contributed by atoms with van der Waals surface area (Å²) in [5.74, 6) is 0.0991. The van der Waals surface area contributed by atoms with Gasteiger partial charge in [0.05, 0.1) is 12.7 Å². The van der Waals surface area contributed by atoms with E-state index in [1.165, 1.54) is 12.8 Å². The lowest BCUT2D eigenvalue weighted by Gasteiger charge is -2.30. The van der Waals surface area contributed by atoms with E-state index in [4.69, 9.17) is 4.74 Å². The van der Waals surface area contributed by atoms with E-state index < -0.39 is 0 Å². The highest BCUT2D eigenvalue weighted by Crippen LogP contribution is 2.33. The van der Waals surface area contributed by atoms with E-state index >= 15 is 0 Å². The summed E-state index contributed by atoms with van der Waals surface area (Å²) in [6.45, 7) is 6.71. The number of morpholine rings is 1. The minimum Gasteiger partial charge on any atom is -0.375 e. The molecule has 1 aliphatic carbocycles. The smallest absolute Gasteiger partial charge is 0.240 e. The quantitative estimate of drug-likeness (QED) is 0.762. The van der Waals surface area contributed by atoms with Crippen LogP contribution in [0.25, 0.3) is 0 Å². The fourth-order valence-electron chi connectivity index (χ4n) is 3.39. The second-order valence-corrected chi connectivity index (χ2v) is 6.23. The summed E-state index contributed by atoms with van der Waals surface area (Å²) in [6.07, 6.45) is 3.71. The molecule has 0 radical (unpaired) electrons. The van der Waals surface area contributed by atoms with Crippen molar-refractivity contribution in [3.05, 3.63) is 0 Å². The fourth-order valence-corrected chi connectivity index (χ4v) is 3.39. The van der Waals surface area contributed by atoms with Gasteiger partial charge in [-0.05, 0) is 33.1 Å². The fraction of sp³-hybridized carbons (Fsp3) is 0.929. The molecule has 5 heteroatoms. The van der Waals surface area contributed by atoms with Crippen LogP contribution in [0, 0.1) is 0 Å². The molecule has 2 heterocycles. The zero-order chi connectivity index (χ0) is 13.4. The Bertz CT molecular complexity index is 346. The summed E-state index contributed by atoms with van der Waals surface area (Å²) in [7, 11) is 0.